The van der Waals surface area contributed by atoms with Crippen molar-refractivity contribution in [3.05, 3.63) is 42.0 Å². The normalized spacial score (nSPS) is 16.1. The fourth-order valence-electron chi connectivity index (χ4n) is 3.08. The first-order chi connectivity index (χ1) is 10.2. The fraction of sp³-hybridized carbons (Fsp3) is 0.588. The van der Waals surface area contributed by atoms with Gasteiger partial charge in [-0.2, -0.15) is 5.10 Å². The SMILES string of the molecule is CC(C)NCc1cccn1Cc1ccn(C2CCCC2)n1. The number of hydrogen-bond donors (Lipinski definition) is 1. The molecule has 4 nitrogen and oxygen atoms in total. The number of aromatic nitrogens is 3. The van der Waals surface area contributed by atoms with Crippen molar-refractivity contribution in [3.63, 3.8) is 0 Å². The zero-order valence-electron chi connectivity index (χ0n) is 13.1. The predicted octanol–water partition coefficient (Wildman–Crippen LogP) is 3.35. The summed E-state index contributed by atoms with van der Waals surface area (Å²) in [6.07, 6.45) is 9.57. The molecule has 114 valence electrons. The van der Waals surface area contributed by atoms with Crippen LogP contribution in [0.1, 0.15) is 57.0 Å². The Bertz CT molecular complexity index is 561. The van der Waals surface area contributed by atoms with Gasteiger partial charge in [-0.1, -0.05) is 26.7 Å². The quantitative estimate of drug-likeness (QED) is 0.884. The summed E-state index contributed by atoms with van der Waals surface area (Å²) in [5.41, 5.74) is 2.48. The van der Waals surface area contributed by atoms with Crippen LogP contribution in [0.4, 0.5) is 0 Å². The van der Waals surface area contributed by atoms with Gasteiger partial charge in [-0.3, -0.25) is 4.68 Å². The van der Waals surface area contributed by atoms with E-state index in [0.29, 0.717) is 12.1 Å². The molecule has 1 saturated carbocycles. The van der Waals surface area contributed by atoms with E-state index in [9.17, 15) is 0 Å². The van der Waals surface area contributed by atoms with Crippen LogP contribution in [0.15, 0.2) is 30.6 Å². The van der Waals surface area contributed by atoms with E-state index in [2.05, 4.69) is 59.0 Å². The molecule has 2 aromatic heterocycles. The van der Waals surface area contributed by atoms with Crippen LogP contribution in [0, 0.1) is 0 Å². The summed E-state index contributed by atoms with van der Waals surface area (Å²) < 4.78 is 4.47. The minimum Gasteiger partial charge on any atom is -0.344 e. The van der Waals surface area contributed by atoms with Gasteiger partial charge in [0, 0.05) is 30.7 Å². The van der Waals surface area contributed by atoms with E-state index in [1.807, 2.05) is 0 Å². The number of hydrogen-bond acceptors (Lipinski definition) is 2. The van der Waals surface area contributed by atoms with E-state index >= 15 is 0 Å². The Kier molecular flexibility index (Phi) is 4.44. The maximum absolute atomic E-state index is 4.78. The van der Waals surface area contributed by atoms with Crippen LogP contribution in [0.2, 0.25) is 0 Å². The van der Waals surface area contributed by atoms with Gasteiger partial charge in [0.05, 0.1) is 18.3 Å². The molecule has 0 unspecified atom stereocenters. The zero-order chi connectivity index (χ0) is 14.7. The van der Waals surface area contributed by atoms with E-state index in [1.54, 1.807) is 0 Å². The third-order valence-electron chi connectivity index (χ3n) is 4.31. The highest BCUT2D eigenvalue weighted by atomic mass is 15.3. The lowest BCUT2D eigenvalue weighted by Crippen LogP contribution is -2.23. The largest absolute Gasteiger partial charge is 0.344 e. The minimum atomic E-state index is 0.509. The second-order valence-electron chi connectivity index (χ2n) is 6.39. The molecule has 1 aliphatic carbocycles. The molecule has 0 atom stereocenters. The third-order valence-corrected chi connectivity index (χ3v) is 4.31. The molecule has 1 fully saturated rings. The summed E-state index contributed by atoms with van der Waals surface area (Å²) >= 11 is 0. The third kappa shape index (κ3) is 3.56. The molecule has 2 aromatic rings. The Morgan fingerprint density at radius 2 is 2.05 bits per heavy atom. The average molecular weight is 286 g/mol. The van der Waals surface area contributed by atoms with Crippen LogP contribution in [0.3, 0.4) is 0 Å². The maximum atomic E-state index is 4.78. The van der Waals surface area contributed by atoms with Crippen molar-refractivity contribution in [2.45, 2.75) is 64.7 Å². The number of nitrogens with one attached hydrogen (secondary N) is 1. The molecule has 3 rings (SSSR count). The summed E-state index contributed by atoms with van der Waals surface area (Å²) in [5, 5.41) is 8.26. The van der Waals surface area contributed by atoms with E-state index in [4.69, 9.17) is 5.10 Å². The molecule has 0 spiro atoms. The lowest BCUT2D eigenvalue weighted by molar-refractivity contribution is 0.461. The van der Waals surface area contributed by atoms with Crippen molar-refractivity contribution in [1.29, 1.82) is 0 Å². The summed E-state index contributed by atoms with van der Waals surface area (Å²) in [6, 6.07) is 7.60. The second-order valence-corrected chi connectivity index (χ2v) is 6.39. The Hall–Kier alpha value is -1.55. The van der Waals surface area contributed by atoms with E-state index < -0.39 is 0 Å². The van der Waals surface area contributed by atoms with Gasteiger partial charge >= 0.3 is 0 Å². The first-order valence-electron chi connectivity index (χ1n) is 8.14. The number of rotatable bonds is 6. The molecule has 0 amide bonds. The smallest absolute Gasteiger partial charge is 0.0821 e. The number of nitrogens with zero attached hydrogens (tertiary/aromatic N) is 3. The molecule has 0 saturated heterocycles. The van der Waals surface area contributed by atoms with E-state index in [0.717, 1.165) is 18.8 Å². The molecule has 0 aliphatic heterocycles. The highest BCUT2D eigenvalue weighted by Crippen LogP contribution is 2.28. The van der Waals surface area contributed by atoms with Gasteiger partial charge < -0.3 is 9.88 Å². The summed E-state index contributed by atoms with van der Waals surface area (Å²) in [6.45, 7) is 6.13. The van der Waals surface area contributed by atoms with Crippen molar-refractivity contribution in [3.8, 4) is 0 Å². The molecule has 2 heterocycles. The first kappa shape index (κ1) is 14.4. The van der Waals surface area contributed by atoms with Gasteiger partial charge in [0.25, 0.3) is 0 Å². The maximum Gasteiger partial charge on any atom is 0.0821 e. The van der Waals surface area contributed by atoms with Crippen LogP contribution in [-0.2, 0) is 13.1 Å². The van der Waals surface area contributed by atoms with Crippen LogP contribution >= 0.6 is 0 Å². The Morgan fingerprint density at radius 3 is 2.81 bits per heavy atom. The van der Waals surface area contributed by atoms with Crippen molar-refractivity contribution in [1.82, 2.24) is 19.7 Å². The van der Waals surface area contributed by atoms with Crippen LogP contribution in [-0.4, -0.2) is 20.4 Å². The topological polar surface area (TPSA) is 34.8 Å². The van der Waals surface area contributed by atoms with Crippen molar-refractivity contribution in [2.24, 2.45) is 0 Å². The molecule has 1 N–H and O–H groups in total. The van der Waals surface area contributed by atoms with Gasteiger partial charge in [0.15, 0.2) is 0 Å². The van der Waals surface area contributed by atoms with Gasteiger partial charge in [-0.05, 0) is 31.0 Å². The van der Waals surface area contributed by atoms with Gasteiger partial charge in [-0.25, -0.2) is 0 Å². The van der Waals surface area contributed by atoms with E-state index in [1.165, 1.54) is 31.4 Å². The lowest BCUT2D eigenvalue weighted by atomic mass is 10.3. The van der Waals surface area contributed by atoms with Crippen LogP contribution in [0.25, 0.3) is 0 Å². The molecular formula is C17H26N4. The minimum absolute atomic E-state index is 0.509. The predicted molar refractivity (Wildman–Crippen MR) is 85.2 cm³/mol. The Morgan fingerprint density at radius 1 is 1.24 bits per heavy atom. The average Bonchev–Trinajstić information content (AvgIpc) is 3.18. The highest BCUT2D eigenvalue weighted by Gasteiger charge is 2.17. The van der Waals surface area contributed by atoms with Gasteiger partial charge in [-0.15, -0.1) is 0 Å². The summed E-state index contributed by atoms with van der Waals surface area (Å²) in [7, 11) is 0. The molecule has 0 bridgehead atoms. The Balaban J connectivity index is 1.65. The lowest BCUT2D eigenvalue weighted by Gasteiger charge is -2.12. The fourth-order valence-corrected chi connectivity index (χ4v) is 3.08. The van der Waals surface area contributed by atoms with Crippen LogP contribution < -0.4 is 5.32 Å². The monoisotopic (exact) mass is 286 g/mol. The molecule has 4 heteroatoms. The van der Waals surface area contributed by atoms with Gasteiger partial charge in [0.1, 0.15) is 0 Å². The second kappa shape index (κ2) is 6.48. The van der Waals surface area contributed by atoms with Gasteiger partial charge in [0.2, 0.25) is 0 Å². The Labute approximate surface area is 127 Å². The van der Waals surface area contributed by atoms with Crippen molar-refractivity contribution < 1.29 is 0 Å². The summed E-state index contributed by atoms with van der Waals surface area (Å²) in [5.74, 6) is 0. The highest BCUT2D eigenvalue weighted by molar-refractivity contribution is 5.11. The molecule has 21 heavy (non-hydrogen) atoms. The molecule has 0 aromatic carbocycles. The molecule has 0 radical (unpaired) electrons. The van der Waals surface area contributed by atoms with Crippen molar-refractivity contribution in [2.75, 3.05) is 0 Å². The van der Waals surface area contributed by atoms with Crippen molar-refractivity contribution >= 4 is 0 Å². The standard InChI is InChI=1S/C17H26N4/c1-14(2)18-12-17-8-5-10-20(17)13-15-9-11-21(19-15)16-6-3-4-7-16/h5,8-11,14,16,18H,3-4,6-7,12-13H2,1-2H3. The molecular weight excluding hydrogens is 260 g/mol. The van der Waals surface area contributed by atoms with Crippen LogP contribution in [0.5, 0.6) is 0 Å². The van der Waals surface area contributed by atoms with E-state index in [-0.39, 0.29) is 0 Å². The molecule has 1 aliphatic rings. The first-order valence-corrected chi connectivity index (χ1v) is 8.14. The zero-order valence-corrected chi connectivity index (χ0v) is 13.1. The summed E-state index contributed by atoms with van der Waals surface area (Å²) in [4.78, 5) is 0.